The summed E-state index contributed by atoms with van der Waals surface area (Å²) in [6, 6.07) is 0. The smallest absolute Gasteiger partial charge is 0.172 e. The van der Waals surface area contributed by atoms with Crippen LogP contribution in [-0.4, -0.2) is 43.4 Å². The molecule has 1 saturated carbocycles. The van der Waals surface area contributed by atoms with Crippen molar-refractivity contribution in [3.8, 4) is 0 Å². The van der Waals surface area contributed by atoms with Gasteiger partial charge in [-0.05, 0) is 61.5 Å². The Hall–Kier alpha value is -0.680. The second kappa shape index (κ2) is 6.41. The van der Waals surface area contributed by atoms with Crippen molar-refractivity contribution in [1.29, 1.82) is 0 Å². The van der Waals surface area contributed by atoms with Gasteiger partial charge >= 0.3 is 0 Å². The average molecular weight is 375 g/mol. The van der Waals surface area contributed by atoms with Gasteiger partial charge < -0.3 is 19.3 Å². The highest BCUT2D eigenvalue weighted by atomic mass is 16.7. The molecule has 0 aromatic rings. The Bertz CT molecular complexity index is 670. The molecule has 2 fully saturated rings. The van der Waals surface area contributed by atoms with Crippen molar-refractivity contribution < 1.29 is 19.3 Å². The van der Waals surface area contributed by atoms with Crippen molar-refractivity contribution in [3.05, 3.63) is 22.8 Å². The lowest BCUT2D eigenvalue weighted by Crippen LogP contribution is -2.59. The van der Waals surface area contributed by atoms with Crippen LogP contribution in [0.3, 0.4) is 0 Å². The Morgan fingerprint density at radius 3 is 2.78 bits per heavy atom. The second-order valence-corrected chi connectivity index (χ2v) is 9.76. The van der Waals surface area contributed by atoms with Gasteiger partial charge in [-0.25, -0.2) is 0 Å². The summed E-state index contributed by atoms with van der Waals surface area (Å²) in [5.74, 6) is 0.847. The van der Waals surface area contributed by atoms with Crippen LogP contribution in [0, 0.1) is 17.3 Å². The summed E-state index contributed by atoms with van der Waals surface area (Å²) < 4.78 is 17.5. The van der Waals surface area contributed by atoms with E-state index in [1.165, 1.54) is 19.3 Å². The van der Waals surface area contributed by atoms with Crippen LogP contribution in [0.15, 0.2) is 22.8 Å². The number of rotatable bonds is 2. The first-order valence-electron chi connectivity index (χ1n) is 10.9. The summed E-state index contributed by atoms with van der Waals surface area (Å²) in [4.78, 5) is 0. The lowest BCUT2D eigenvalue weighted by Gasteiger charge is -2.58. The summed E-state index contributed by atoms with van der Waals surface area (Å²) >= 11 is 0. The monoisotopic (exact) mass is 374 g/mol. The lowest BCUT2D eigenvalue weighted by atomic mass is 9.49. The van der Waals surface area contributed by atoms with Crippen LogP contribution < -0.4 is 0 Å². The van der Waals surface area contributed by atoms with Crippen molar-refractivity contribution in [3.63, 3.8) is 0 Å². The van der Waals surface area contributed by atoms with Crippen molar-refractivity contribution in [2.24, 2.45) is 17.3 Å². The van der Waals surface area contributed by atoms with Gasteiger partial charge in [0.25, 0.3) is 0 Å². The predicted molar refractivity (Wildman–Crippen MR) is 103 cm³/mol. The minimum atomic E-state index is -0.691. The van der Waals surface area contributed by atoms with E-state index in [1.54, 1.807) is 23.8 Å². The molecule has 1 aliphatic heterocycles. The Morgan fingerprint density at radius 1 is 1.19 bits per heavy atom. The standard InChI is InChI=1S/C23H34O4/c1-21-10-7-18-17-8-11-23(26-12-13-27-23)14-16(17)5-6-19(18)20(21)4-3-9-22(21,24)15-25-2/h7,19-20,24H,3-6,8-15H2,1-2H3/t19-,20+,21+,22?/m1/s1. The Morgan fingerprint density at radius 2 is 2.00 bits per heavy atom. The Labute approximate surface area is 162 Å². The van der Waals surface area contributed by atoms with Gasteiger partial charge in [0, 0.05) is 25.4 Å². The number of allylic oxidation sites excluding steroid dienone is 3. The molecule has 27 heavy (non-hydrogen) atoms. The van der Waals surface area contributed by atoms with E-state index in [0.29, 0.717) is 18.4 Å². The molecular formula is C23H34O4. The van der Waals surface area contributed by atoms with Crippen LogP contribution >= 0.6 is 0 Å². The van der Waals surface area contributed by atoms with E-state index >= 15 is 0 Å². The number of methoxy groups -OCH3 is 1. The fraction of sp³-hybridized carbons (Fsp3) is 0.826. The van der Waals surface area contributed by atoms with Gasteiger partial charge in [-0.1, -0.05) is 25.0 Å². The quantitative estimate of drug-likeness (QED) is 0.789. The summed E-state index contributed by atoms with van der Waals surface area (Å²) in [6.45, 7) is 4.27. The molecule has 4 heteroatoms. The van der Waals surface area contributed by atoms with Crippen LogP contribution in [0.1, 0.15) is 64.7 Å². The van der Waals surface area contributed by atoms with E-state index in [0.717, 1.165) is 51.7 Å². The first-order valence-corrected chi connectivity index (χ1v) is 10.9. The second-order valence-electron chi connectivity index (χ2n) is 9.76. The normalized spacial score (nSPS) is 43.1. The zero-order valence-corrected chi connectivity index (χ0v) is 16.9. The zero-order chi connectivity index (χ0) is 18.7. The van der Waals surface area contributed by atoms with Gasteiger partial charge in [0.1, 0.15) is 0 Å². The fourth-order valence-electron chi connectivity index (χ4n) is 7.09. The molecule has 4 nitrogen and oxygen atoms in total. The molecule has 0 aromatic heterocycles. The summed E-state index contributed by atoms with van der Waals surface area (Å²) in [6.07, 6.45) is 12.1. The minimum absolute atomic E-state index is 0.0684. The molecule has 5 aliphatic rings. The highest BCUT2D eigenvalue weighted by Crippen LogP contribution is 2.61. The van der Waals surface area contributed by atoms with E-state index in [1.807, 2.05) is 0 Å². The van der Waals surface area contributed by atoms with Crippen LogP contribution in [0.5, 0.6) is 0 Å². The number of hydrogen-bond acceptors (Lipinski definition) is 4. The SMILES string of the molecule is COCC1(O)CCC[C@H]2[C@@H]3CCC4=C(CCC5(C4)OCCO5)C3=CC[C@@]21C. The molecule has 0 radical (unpaired) electrons. The molecular weight excluding hydrogens is 340 g/mol. The van der Waals surface area contributed by atoms with Crippen LogP contribution in [0.2, 0.25) is 0 Å². The van der Waals surface area contributed by atoms with E-state index in [-0.39, 0.29) is 11.2 Å². The fourth-order valence-corrected chi connectivity index (χ4v) is 7.09. The molecule has 4 atom stereocenters. The number of aliphatic hydroxyl groups is 1. The van der Waals surface area contributed by atoms with Gasteiger partial charge in [0.05, 0.1) is 25.4 Å². The van der Waals surface area contributed by atoms with Gasteiger partial charge in [0.2, 0.25) is 0 Å². The van der Waals surface area contributed by atoms with Crippen LogP contribution in [0.25, 0.3) is 0 Å². The number of hydrogen-bond donors (Lipinski definition) is 1. The topological polar surface area (TPSA) is 47.9 Å². The maximum atomic E-state index is 11.5. The maximum absolute atomic E-state index is 11.5. The average Bonchev–Trinajstić information content (AvgIpc) is 3.10. The van der Waals surface area contributed by atoms with Crippen molar-refractivity contribution in [1.82, 2.24) is 0 Å². The van der Waals surface area contributed by atoms with E-state index in [9.17, 15) is 5.11 Å². The third-order valence-corrected chi connectivity index (χ3v) is 8.59. The third kappa shape index (κ3) is 2.63. The van der Waals surface area contributed by atoms with Gasteiger partial charge in [-0.3, -0.25) is 0 Å². The predicted octanol–water partition coefficient (Wildman–Crippen LogP) is 4.13. The molecule has 1 saturated heterocycles. The zero-order valence-electron chi connectivity index (χ0n) is 16.9. The van der Waals surface area contributed by atoms with Gasteiger partial charge in [0.15, 0.2) is 5.79 Å². The summed E-state index contributed by atoms with van der Waals surface area (Å²) in [5.41, 5.74) is 4.04. The molecule has 0 bridgehead atoms. The van der Waals surface area contributed by atoms with E-state index < -0.39 is 5.60 Å². The maximum Gasteiger partial charge on any atom is 0.172 e. The van der Waals surface area contributed by atoms with Crippen LogP contribution in [0.4, 0.5) is 0 Å². The van der Waals surface area contributed by atoms with Crippen molar-refractivity contribution in [2.45, 2.75) is 76.1 Å². The van der Waals surface area contributed by atoms with E-state index in [4.69, 9.17) is 14.2 Å². The molecule has 0 aromatic carbocycles. The molecule has 1 N–H and O–H groups in total. The lowest BCUT2D eigenvalue weighted by molar-refractivity contribution is -0.177. The Kier molecular flexibility index (Phi) is 4.36. The summed E-state index contributed by atoms with van der Waals surface area (Å²) in [7, 11) is 1.72. The first-order chi connectivity index (χ1) is 13.0. The molecule has 4 aliphatic carbocycles. The molecule has 0 amide bonds. The Balaban J connectivity index is 1.47. The minimum Gasteiger partial charge on any atom is -0.387 e. The van der Waals surface area contributed by atoms with Crippen molar-refractivity contribution in [2.75, 3.05) is 26.9 Å². The number of fused-ring (bicyclic) bond motifs is 4. The van der Waals surface area contributed by atoms with E-state index in [2.05, 4.69) is 13.0 Å². The molecule has 1 heterocycles. The highest BCUT2D eigenvalue weighted by Gasteiger charge is 2.58. The third-order valence-electron chi connectivity index (χ3n) is 8.59. The largest absolute Gasteiger partial charge is 0.387 e. The molecule has 150 valence electrons. The summed E-state index contributed by atoms with van der Waals surface area (Å²) in [5, 5.41) is 11.5. The van der Waals surface area contributed by atoms with Gasteiger partial charge in [-0.15, -0.1) is 0 Å². The molecule has 1 spiro atoms. The van der Waals surface area contributed by atoms with Gasteiger partial charge in [-0.2, -0.15) is 0 Å². The molecule has 1 unspecified atom stereocenters. The first kappa shape index (κ1) is 18.4. The van der Waals surface area contributed by atoms with Crippen LogP contribution in [-0.2, 0) is 14.2 Å². The highest BCUT2D eigenvalue weighted by molar-refractivity contribution is 5.44. The molecule has 5 rings (SSSR count). The van der Waals surface area contributed by atoms with Crippen molar-refractivity contribution >= 4 is 0 Å². The number of ether oxygens (including phenoxy) is 3.